The Morgan fingerprint density at radius 2 is 1.80 bits per heavy atom. The lowest BCUT2D eigenvalue weighted by Crippen LogP contribution is -2.52. The molecule has 1 N–H and O–H groups in total. The first kappa shape index (κ1) is 20.8. The number of piperazine rings is 1. The molecule has 0 radical (unpaired) electrons. The predicted octanol–water partition coefficient (Wildman–Crippen LogP) is 1.96. The molecular formula is C22H31N5O3. The third kappa shape index (κ3) is 5.19. The van der Waals surface area contributed by atoms with Gasteiger partial charge in [-0.2, -0.15) is 0 Å². The highest BCUT2D eigenvalue weighted by atomic mass is 16.5. The highest BCUT2D eigenvalue weighted by molar-refractivity contribution is 5.94. The van der Waals surface area contributed by atoms with Gasteiger partial charge >= 0.3 is 0 Å². The minimum atomic E-state index is -0.166. The number of ether oxygens (including phenoxy) is 1. The molecule has 162 valence electrons. The topological polar surface area (TPSA) is 74.1 Å². The predicted molar refractivity (Wildman–Crippen MR) is 116 cm³/mol. The minimum absolute atomic E-state index is 0.0368. The van der Waals surface area contributed by atoms with Gasteiger partial charge in [-0.3, -0.25) is 14.6 Å². The van der Waals surface area contributed by atoms with Crippen LogP contribution in [-0.2, 0) is 16.1 Å². The minimum Gasteiger partial charge on any atom is -0.378 e. The third-order valence-corrected chi connectivity index (χ3v) is 5.91. The highest BCUT2D eigenvalue weighted by Crippen LogP contribution is 2.20. The average molecular weight is 414 g/mol. The molecule has 8 heteroatoms. The smallest absolute Gasteiger partial charge is 0.241 e. The Labute approximate surface area is 177 Å². The molecule has 1 atom stereocenters. The second-order valence-corrected chi connectivity index (χ2v) is 8.05. The number of rotatable bonds is 6. The largest absolute Gasteiger partial charge is 0.378 e. The average Bonchev–Trinajstić information content (AvgIpc) is 3.19. The fourth-order valence-electron chi connectivity index (χ4n) is 4.02. The quantitative estimate of drug-likeness (QED) is 0.776. The molecule has 0 bridgehead atoms. The van der Waals surface area contributed by atoms with Crippen LogP contribution in [0.4, 0.5) is 11.4 Å². The lowest BCUT2D eigenvalue weighted by atomic mass is 10.2. The summed E-state index contributed by atoms with van der Waals surface area (Å²) in [7, 11) is 0. The van der Waals surface area contributed by atoms with Crippen LogP contribution < -0.4 is 10.2 Å². The number of aryl methyl sites for hydroxylation is 1. The molecule has 0 saturated carbocycles. The highest BCUT2D eigenvalue weighted by Gasteiger charge is 2.26. The number of amides is 1. The van der Waals surface area contributed by atoms with Crippen LogP contribution >= 0.6 is 0 Å². The number of benzene rings is 1. The van der Waals surface area contributed by atoms with E-state index >= 15 is 0 Å². The van der Waals surface area contributed by atoms with Gasteiger partial charge in [0.05, 0.1) is 24.9 Å². The number of hydrogen-bond donors (Lipinski definition) is 1. The zero-order valence-electron chi connectivity index (χ0n) is 17.8. The molecule has 3 heterocycles. The Morgan fingerprint density at radius 3 is 2.43 bits per heavy atom. The van der Waals surface area contributed by atoms with Crippen molar-refractivity contribution in [3.8, 4) is 0 Å². The number of nitrogens with zero attached hydrogens (tertiary/aromatic N) is 4. The van der Waals surface area contributed by atoms with Gasteiger partial charge in [0.1, 0.15) is 5.76 Å². The molecule has 2 aliphatic rings. The molecule has 0 spiro atoms. The summed E-state index contributed by atoms with van der Waals surface area (Å²) in [6.45, 7) is 11.6. The van der Waals surface area contributed by atoms with Crippen molar-refractivity contribution in [1.82, 2.24) is 15.0 Å². The van der Waals surface area contributed by atoms with Crippen molar-refractivity contribution in [3.63, 3.8) is 0 Å². The molecular weight excluding hydrogens is 382 g/mol. The van der Waals surface area contributed by atoms with Gasteiger partial charge in [0.2, 0.25) is 5.91 Å². The van der Waals surface area contributed by atoms with Crippen LogP contribution in [0.3, 0.4) is 0 Å². The van der Waals surface area contributed by atoms with Gasteiger partial charge in [0.15, 0.2) is 0 Å². The Bertz CT molecular complexity index is 824. The van der Waals surface area contributed by atoms with E-state index in [0.29, 0.717) is 0 Å². The maximum absolute atomic E-state index is 12.8. The molecule has 2 aliphatic heterocycles. The normalized spacial score (nSPS) is 19.6. The SMILES string of the molecule is Cc1cc(CN2CCN([C@H](C)C(=O)Nc3ccc(N4CCOCC4)cc3)CC2)no1. The summed E-state index contributed by atoms with van der Waals surface area (Å²) < 4.78 is 10.6. The van der Waals surface area contributed by atoms with Crippen LogP contribution in [0.15, 0.2) is 34.9 Å². The van der Waals surface area contributed by atoms with Crippen LogP contribution in [0.25, 0.3) is 0 Å². The van der Waals surface area contributed by atoms with E-state index in [9.17, 15) is 4.79 Å². The molecule has 2 saturated heterocycles. The number of aromatic nitrogens is 1. The van der Waals surface area contributed by atoms with Crippen molar-refractivity contribution in [3.05, 3.63) is 41.8 Å². The molecule has 4 rings (SSSR count). The van der Waals surface area contributed by atoms with Crippen molar-refractivity contribution in [2.75, 3.05) is 62.7 Å². The fourth-order valence-corrected chi connectivity index (χ4v) is 4.02. The fraction of sp³-hybridized carbons (Fsp3) is 0.545. The number of carbonyl (C=O) groups excluding carboxylic acids is 1. The molecule has 1 aromatic carbocycles. The van der Waals surface area contributed by atoms with Gasteiger partial charge in [-0.1, -0.05) is 5.16 Å². The molecule has 0 unspecified atom stereocenters. The van der Waals surface area contributed by atoms with Gasteiger partial charge in [0, 0.05) is 63.3 Å². The van der Waals surface area contributed by atoms with Crippen LogP contribution in [0, 0.1) is 6.92 Å². The zero-order valence-corrected chi connectivity index (χ0v) is 17.8. The van der Waals surface area contributed by atoms with Crippen molar-refractivity contribution >= 4 is 17.3 Å². The van der Waals surface area contributed by atoms with E-state index in [4.69, 9.17) is 9.26 Å². The van der Waals surface area contributed by atoms with E-state index in [2.05, 4.69) is 37.3 Å². The van der Waals surface area contributed by atoms with Gasteiger partial charge < -0.3 is 19.5 Å². The lowest BCUT2D eigenvalue weighted by Gasteiger charge is -2.37. The van der Waals surface area contributed by atoms with E-state index in [1.54, 1.807) is 0 Å². The molecule has 1 aromatic heterocycles. The summed E-state index contributed by atoms with van der Waals surface area (Å²) in [5.74, 6) is 0.876. The standard InChI is InChI=1S/C22H31N5O3/c1-17-15-20(24-30-17)16-25-7-9-26(10-8-25)18(2)22(28)23-19-3-5-21(6-4-19)27-11-13-29-14-12-27/h3-6,15,18H,7-14,16H2,1-2H3,(H,23,28)/t18-/m1/s1. The Hall–Kier alpha value is -2.42. The molecule has 30 heavy (non-hydrogen) atoms. The first-order valence-electron chi connectivity index (χ1n) is 10.7. The molecule has 0 aliphatic carbocycles. The second-order valence-electron chi connectivity index (χ2n) is 8.05. The summed E-state index contributed by atoms with van der Waals surface area (Å²) >= 11 is 0. The van der Waals surface area contributed by atoms with Gasteiger partial charge in [0.25, 0.3) is 0 Å². The molecule has 8 nitrogen and oxygen atoms in total. The van der Waals surface area contributed by atoms with E-state index in [-0.39, 0.29) is 11.9 Å². The maximum atomic E-state index is 12.8. The molecule has 2 fully saturated rings. The van der Waals surface area contributed by atoms with E-state index in [1.165, 1.54) is 5.69 Å². The maximum Gasteiger partial charge on any atom is 0.241 e. The number of nitrogens with one attached hydrogen (secondary N) is 1. The molecule has 1 amide bonds. The van der Waals surface area contributed by atoms with Crippen LogP contribution in [0.2, 0.25) is 0 Å². The summed E-state index contributed by atoms with van der Waals surface area (Å²) in [6, 6.07) is 9.90. The number of anilines is 2. The number of hydrogen-bond acceptors (Lipinski definition) is 7. The van der Waals surface area contributed by atoms with E-state index < -0.39 is 0 Å². The summed E-state index contributed by atoms with van der Waals surface area (Å²) in [5, 5.41) is 7.13. The number of carbonyl (C=O) groups is 1. The van der Waals surface area contributed by atoms with E-state index in [1.807, 2.05) is 32.0 Å². The van der Waals surface area contributed by atoms with Gasteiger partial charge in [-0.05, 0) is 38.1 Å². The summed E-state index contributed by atoms with van der Waals surface area (Å²) in [6.07, 6.45) is 0. The lowest BCUT2D eigenvalue weighted by molar-refractivity contribution is -0.121. The van der Waals surface area contributed by atoms with Crippen molar-refractivity contribution in [2.45, 2.75) is 26.4 Å². The Kier molecular flexibility index (Phi) is 6.66. The summed E-state index contributed by atoms with van der Waals surface area (Å²) in [5.41, 5.74) is 2.97. The first-order valence-corrected chi connectivity index (χ1v) is 10.7. The van der Waals surface area contributed by atoms with Crippen molar-refractivity contribution < 1.29 is 14.1 Å². The van der Waals surface area contributed by atoms with Crippen LogP contribution in [0.5, 0.6) is 0 Å². The summed E-state index contributed by atoms with van der Waals surface area (Å²) in [4.78, 5) is 19.6. The van der Waals surface area contributed by atoms with Crippen molar-refractivity contribution in [2.24, 2.45) is 0 Å². The van der Waals surface area contributed by atoms with Gasteiger partial charge in [-0.15, -0.1) is 0 Å². The van der Waals surface area contributed by atoms with Crippen LogP contribution in [0.1, 0.15) is 18.4 Å². The van der Waals surface area contributed by atoms with Crippen molar-refractivity contribution in [1.29, 1.82) is 0 Å². The van der Waals surface area contributed by atoms with Crippen LogP contribution in [-0.4, -0.2) is 79.4 Å². The monoisotopic (exact) mass is 413 g/mol. The van der Waals surface area contributed by atoms with E-state index in [0.717, 1.165) is 76.2 Å². The Morgan fingerprint density at radius 1 is 1.10 bits per heavy atom. The zero-order chi connectivity index (χ0) is 20.9. The third-order valence-electron chi connectivity index (χ3n) is 5.91. The van der Waals surface area contributed by atoms with Gasteiger partial charge in [-0.25, -0.2) is 0 Å². The first-order chi connectivity index (χ1) is 14.6. The second kappa shape index (κ2) is 9.59. The molecule has 2 aromatic rings. The Balaban J connectivity index is 1.24. The number of morpholine rings is 1.